The Labute approximate surface area is 107 Å². The molecule has 1 aliphatic rings. The molecule has 0 bridgehead atoms. The van der Waals surface area contributed by atoms with E-state index in [0.717, 1.165) is 22.8 Å². The molecule has 0 radical (unpaired) electrons. The number of ketones is 1. The fourth-order valence-electron chi connectivity index (χ4n) is 1.82. The van der Waals surface area contributed by atoms with Crippen LogP contribution >= 0.6 is 23.1 Å². The van der Waals surface area contributed by atoms with Gasteiger partial charge in [0.25, 0.3) is 0 Å². The molecule has 0 unspecified atom stereocenters. The van der Waals surface area contributed by atoms with Crippen molar-refractivity contribution in [2.45, 2.75) is 12.2 Å². The standard InChI is InChI=1S/C12H10N2OS2/c15-12(9-4-13-7-14-5-9)11-3-8-6-16-2-1-10(8)17-11/h3-5,7H,1-2,6H2. The lowest BCUT2D eigenvalue weighted by atomic mass is 10.1. The molecule has 2 aromatic heterocycles. The first-order chi connectivity index (χ1) is 8.34. The number of carbonyl (C=O) groups excluding carboxylic acids is 1. The van der Waals surface area contributed by atoms with Crippen molar-refractivity contribution in [3.63, 3.8) is 0 Å². The fraction of sp³-hybridized carbons (Fsp3) is 0.250. The third-order valence-corrected chi connectivity index (χ3v) is 4.92. The van der Waals surface area contributed by atoms with Crippen LogP contribution < -0.4 is 0 Å². The summed E-state index contributed by atoms with van der Waals surface area (Å²) in [5.74, 6) is 2.23. The van der Waals surface area contributed by atoms with Crippen LogP contribution in [0.5, 0.6) is 0 Å². The van der Waals surface area contributed by atoms with Gasteiger partial charge in [0.05, 0.1) is 10.4 Å². The van der Waals surface area contributed by atoms with Crippen molar-refractivity contribution in [2.24, 2.45) is 0 Å². The van der Waals surface area contributed by atoms with Crippen molar-refractivity contribution in [1.29, 1.82) is 0 Å². The smallest absolute Gasteiger partial charge is 0.206 e. The average molecular weight is 262 g/mol. The molecule has 0 atom stereocenters. The van der Waals surface area contributed by atoms with Crippen LogP contribution in [0, 0.1) is 0 Å². The van der Waals surface area contributed by atoms with Crippen LogP contribution in [-0.4, -0.2) is 21.5 Å². The van der Waals surface area contributed by atoms with E-state index in [1.165, 1.54) is 16.8 Å². The summed E-state index contributed by atoms with van der Waals surface area (Å²) < 4.78 is 0. The number of aryl methyl sites for hydroxylation is 1. The van der Waals surface area contributed by atoms with Crippen LogP contribution in [0.3, 0.4) is 0 Å². The number of fused-ring (bicyclic) bond motifs is 1. The van der Waals surface area contributed by atoms with Crippen molar-refractivity contribution in [3.05, 3.63) is 45.7 Å². The molecule has 0 N–H and O–H groups in total. The Morgan fingerprint density at radius 2 is 2.12 bits per heavy atom. The second-order valence-electron chi connectivity index (χ2n) is 3.82. The molecule has 2 aromatic rings. The highest BCUT2D eigenvalue weighted by molar-refractivity contribution is 7.98. The molecular formula is C12H10N2OS2. The SMILES string of the molecule is O=C(c1cncnc1)c1cc2c(s1)CCSC2. The maximum absolute atomic E-state index is 12.2. The molecule has 0 aromatic carbocycles. The molecule has 0 saturated heterocycles. The minimum absolute atomic E-state index is 0.0370. The van der Waals surface area contributed by atoms with E-state index in [2.05, 4.69) is 9.97 Å². The second kappa shape index (κ2) is 4.58. The molecule has 5 heteroatoms. The predicted octanol–water partition coefficient (Wildman–Crippen LogP) is 2.56. The Kier molecular flexibility index (Phi) is 2.94. The maximum atomic E-state index is 12.2. The van der Waals surface area contributed by atoms with Gasteiger partial charge in [-0.3, -0.25) is 4.79 Å². The average Bonchev–Trinajstić information content (AvgIpc) is 2.82. The zero-order valence-corrected chi connectivity index (χ0v) is 10.7. The molecule has 3 heterocycles. The Balaban J connectivity index is 1.94. The molecule has 1 aliphatic heterocycles. The monoisotopic (exact) mass is 262 g/mol. The first kappa shape index (κ1) is 10.9. The van der Waals surface area contributed by atoms with E-state index in [4.69, 9.17) is 0 Å². The van der Waals surface area contributed by atoms with E-state index in [0.29, 0.717) is 5.56 Å². The summed E-state index contributed by atoms with van der Waals surface area (Å²) in [4.78, 5) is 22.1. The number of nitrogens with zero attached hydrogens (tertiary/aromatic N) is 2. The third kappa shape index (κ3) is 2.12. The van der Waals surface area contributed by atoms with Gasteiger partial charge in [0.2, 0.25) is 5.78 Å². The van der Waals surface area contributed by atoms with Crippen molar-refractivity contribution < 1.29 is 4.79 Å². The zero-order valence-electron chi connectivity index (χ0n) is 9.05. The van der Waals surface area contributed by atoms with Crippen LogP contribution in [0.25, 0.3) is 0 Å². The molecule has 17 heavy (non-hydrogen) atoms. The summed E-state index contributed by atoms with van der Waals surface area (Å²) in [5, 5.41) is 0. The minimum Gasteiger partial charge on any atom is -0.288 e. The van der Waals surface area contributed by atoms with E-state index in [1.807, 2.05) is 17.8 Å². The first-order valence-electron chi connectivity index (χ1n) is 5.33. The van der Waals surface area contributed by atoms with Gasteiger partial charge in [-0.25, -0.2) is 9.97 Å². The van der Waals surface area contributed by atoms with Gasteiger partial charge in [0, 0.05) is 23.0 Å². The Morgan fingerprint density at radius 1 is 1.29 bits per heavy atom. The lowest BCUT2D eigenvalue weighted by Crippen LogP contribution is -1.99. The van der Waals surface area contributed by atoms with E-state index >= 15 is 0 Å². The molecule has 3 rings (SSSR count). The first-order valence-corrected chi connectivity index (χ1v) is 7.31. The van der Waals surface area contributed by atoms with Crippen molar-refractivity contribution in [1.82, 2.24) is 9.97 Å². The number of hydrogen-bond acceptors (Lipinski definition) is 5. The van der Waals surface area contributed by atoms with Crippen LogP contribution in [0.15, 0.2) is 24.8 Å². The summed E-state index contributed by atoms with van der Waals surface area (Å²) in [6.07, 6.45) is 5.67. The van der Waals surface area contributed by atoms with Crippen LogP contribution in [-0.2, 0) is 12.2 Å². The number of thiophene rings is 1. The van der Waals surface area contributed by atoms with Gasteiger partial charge in [0.15, 0.2) is 0 Å². The Morgan fingerprint density at radius 3 is 2.88 bits per heavy atom. The van der Waals surface area contributed by atoms with Gasteiger partial charge in [-0.1, -0.05) is 0 Å². The molecule has 3 nitrogen and oxygen atoms in total. The highest BCUT2D eigenvalue weighted by Crippen LogP contribution is 2.32. The van der Waals surface area contributed by atoms with Crippen molar-refractivity contribution in [2.75, 3.05) is 5.75 Å². The van der Waals surface area contributed by atoms with Gasteiger partial charge >= 0.3 is 0 Å². The summed E-state index contributed by atoms with van der Waals surface area (Å²) in [5.41, 5.74) is 1.89. The molecular weight excluding hydrogens is 252 g/mol. The summed E-state index contributed by atoms with van der Waals surface area (Å²) in [7, 11) is 0. The van der Waals surface area contributed by atoms with Gasteiger partial charge in [-0.15, -0.1) is 11.3 Å². The molecule has 0 spiro atoms. The van der Waals surface area contributed by atoms with E-state index in [9.17, 15) is 4.79 Å². The van der Waals surface area contributed by atoms with Crippen LogP contribution in [0.2, 0.25) is 0 Å². The molecule has 0 amide bonds. The predicted molar refractivity (Wildman–Crippen MR) is 69.6 cm³/mol. The quantitative estimate of drug-likeness (QED) is 0.780. The van der Waals surface area contributed by atoms with E-state index in [1.54, 1.807) is 23.7 Å². The van der Waals surface area contributed by atoms with Crippen LogP contribution in [0.4, 0.5) is 0 Å². The maximum Gasteiger partial charge on any atom is 0.206 e. The van der Waals surface area contributed by atoms with Crippen molar-refractivity contribution >= 4 is 28.9 Å². The summed E-state index contributed by atoms with van der Waals surface area (Å²) >= 11 is 3.55. The van der Waals surface area contributed by atoms with E-state index < -0.39 is 0 Å². The number of carbonyl (C=O) groups is 1. The highest BCUT2D eigenvalue weighted by atomic mass is 32.2. The zero-order chi connectivity index (χ0) is 11.7. The molecule has 0 aliphatic carbocycles. The Bertz CT molecular complexity index is 527. The number of rotatable bonds is 2. The van der Waals surface area contributed by atoms with Gasteiger partial charge in [0.1, 0.15) is 6.33 Å². The lowest BCUT2D eigenvalue weighted by Gasteiger charge is -2.08. The highest BCUT2D eigenvalue weighted by Gasteiger charge is 2.18. The van der Waals surface area contributed by atoms with Crippen molar-refractivity contribution in [3.8, 4) is 0 Å². The largest absolute Gasteiger partial charge is 0.288 e. The third-order valence-electron chi connectivity index (χ3n) is 2.67. The molecule has 0 fully saturated rings. The lowest BCUT2D eigenvalue weighted by molar-refractivity contribution is 0.104. The van der Waals surface area contributed by atoms with E-state index in [-0.39, 0.29) is 5.78 Å². The number of hydrogen-bond donors (Lipinski definition) is 0. The normalized spacial score (nSPS) is 14.4. The second-order valence-corrected chi connectivity index (χ2v) is 6.06. The van der Waals surface area contributed by atoms with Gasteiger partial charge in [-0.2, -0.15) is 11.8 Å². The fourth-order valence-corrected chi connectivity index (χ4v) is 4.15. The number of aromatic nitrogens is 2. The summed E-state index contributed by atoms with van der Waals surface area (Å²) in [6.45, 7) is 0. The molecule has 86 valence electrons. The van der Waals surface area contributed by atoms with Crippen LogP contribution in [0.1, 0.15) is 25.7 Å². The topological polar surface area (TPSA) is 42.9 Å². The molecule has 0 saturated carbocycles. The van der Waals surface area contributed by atoms with Gasteiger partial charge in [-0.05, 0) is 23.8 Å². The summed E-state index contributed by atoms with van der Waals surface area (Å²) in [6, 6.07) is 2.03. The van der Waals surface area contributed by atoms with Gasteiger partial charge < -0.3 is 0 Å². The minimum atomic E-state index is 0.0370. The Hall–Kier alpha value is -1.20. The number of thioether (sulfide) groups is 1.